The van der Waals surface area contributed by atoms with Gasteiger partial charge in [-0.1, -0.05) is 228 Å². The highest BCUT2D eigenvalue weighted by molar-refractivity contribution is 5.71. The lowest BCUT2D eigenvalue weighted by Crippen LogP contribution is -2.30. The lowest BCUT2D eigenvalue weighted by atomic mass is 10.1. The molecule has 0 aliphatic heterocycles. The lowest BCUT2D eigenvalue weighted by Gasteiger charge is -2.18. The molecule has 0 N–H and O–H groups in total. The zero-order valence-corrected chi connectivity index (χ0v) is 44.6. The minimum absolute atomic E-state index is 0.0999. The van der Waals surface area contributed by atoms with Gasteiger partial charge >= 0.3 is 17.9 Å². The Bertz CT molecular complexity index is 1320. The van der Waals surface area contributed by atoms with E-state index in [1.54, 1.807) is 0 Å². The highest BCUT2D eigenvalue weighted by Gasteiger charge is 2.19. The summed E-state index contributed by atoms with van der Waals surface area (Å²) in [6.07, 6.45) is 72.9. The Kier molecular flexibility index (Phi) is 53.4. The molecule has 0 unspecified atom stereocenters. The van der Waals surface area contributed by atoms with E-state index in [-0.39, 0.29) is 37.5 Å². The van der Waals surface area contributed by atoms with Crippen molar-refractivity contribution in [1.29, 1.82) is 0 Å². The highest BCUT2D eigenvalue weighted by Crippen LogP contribution is 2.14. The molecule has 390 valence electrons. The zero-order chi connectivity index (χ0) is 49.3. The quantitative estimate of drug-likeness (QED) is 0.0262. The van der Waals surface area contributed by atoms with Crippen LogP contribution in [0.3, 0.4) is 0 Å². The van der Waals surface area contributed by atoms with E-state index in [9.17, 15) is 14.4 Å². The van der Waals surface area contributed by atoms with E-state index in [4.69, 9.17) is 14.2 Å². The summed E-state index contributed by atoms with van der Waals surface area (Å²) in [5.74, 6) is -0.967. The molecule has 0 fully saturated rings. The summed E-state index contributed by atoms with van der Waals surface area (Å²) in [6.45, 7) is 6.47. The Labute approximate surface area is 420 Å². The molecule has 0 heterocycles. The number of unbranched alkanes of at least 4 members (excludes halogenated alkanes) is 26. The van der Waals surface area contributed by atoms with Crippen LogP contribution in [0.4, 0.5) is 0 Å². The molecule has 6 heteroatoms. The molecule has 0 aromatic rings. The third kappa shape index (κ3) is 53.5. The number of ether oxygens (including phenoxy) is 3. The van der Waals surface area contributed by atoms with Crippen LogP contribution < -0.4 is 0 Å². The second-order valence-corrected chi connectivity index (χ2v) is 18.8. The first kappa shape index (κ1) is 64.6. The van der Waals surface area contributed by atoms with Gasteiger partial charge in [0.15, 0.2) is 6.10 Å². The second kappa shape index (κ2) is 56.2. The van der Waals surface area contributed by atoms with Crippen LogP contribution in [-0.2, 0) is 28.6 Å². The van der Waals surface area contributed by atoms with Gasteiger partial charge in [-0.15, -0.1) is 0 Å². The smallest absolute Gasteiger partial charge is 0.306 e. The lowest BCUT2D eigenvalue weighted by molar-refractivity contribution is -0.167. The monoisotopic (exact) mass is 947 g/mol. The SMILES string of the molecule is CC/C=C\C/C=C\C/C=C\C/C=C\C/C=C\CCCC(=O)OC[C@@H](COC(=O)CCCCCCC/C=C\CCCCCCCCC)OC(=O)CCCCCCCCC/C=C\CCCCCCCC. The molecule has 0 aliphatic rings. The van der Waals surface area contributed by atoms with E-state index >= 15 is 0 Å². The van der Waals surface area contributed by atoms with Crippen LogP contribution in [0.2, 0.25) is 0 Å². The Morgan fingerprint density at radius 2 is 0.588 bits per heavy atom. The van der Waals surface area contributed by atoms with Gasteiger partial charge in [0.05, 0.1) is 0 Å². The number of allylic oxidation sites excluding steroid dienone is 14. The molecule has 6 nitrogen and oxygen atoms in total. The molecule has 1 atom stereocenters. The van der Waals surface area contributed by atoms with Crippen molar-refractivity contribution in [3.63, 3.8) is 0 Å². The maximum Gasteiger partial charge on any atom is 0.306 e. The maximum atomic E-state index is 12.9. The number of carbonyl (C=O) groups excluding carboxylic acids is 3. The molecule has 0 saturated heterocycles. The van der Waals surface area contributed by atoms with Gasteiger partial charge < -0.3 is 14.2 Å². The molecule has 0 bridgehead atoms. The summed E-state index contributed by atoms with van der Waals surface area (Å²) in [6, 6.07) is 0. The largest absolute Gasteiger partial charge is 0.462 e. The van der Waals surface area contributed by atoms with Gasteiger partial charge in [0.25, 0.3) is 0 Å². The van der Waals surface area contributed by atoms with E-state index in [2.05, 4.69) is 106 Å². The van der Waals surface area contributed by atoms with E-state index in [1.165, 1.54) is 141 Å². The van der Waals surface area contributed by atoms with Crippen molar-refractivity contribution in [2.75, 3.05) is 13.2 Å². The second-order valence-electron chi connectivity index (χ2n) is 18.8. The van der Waals surface area contributed by atoms with Gasteiger partial charge in [-0.2, -0.15) is 0 Å². The zero-order valence-electron chi connectivity index (χ0n) is 44.6. The van der Waals surface area contributed by atoms with Crippen LogP contribution >= 0.6 is 0 Å². The van der Waals surface area contributed by atoms with Crippen LogP contribution in [0.15, 0.2) is 85.1 Å². The topological polar surface area (TPSA) is 78.9 Å². The maximum absolute atomic E-state index is 12.9. The first-order chi connectivity index (χ1) is 33.5. The Balaban J connectivity index is 4.48. The van der Waals surface area contributed by atoms with Crippen molar-refractivity contribution >= 4 is 17.9 Å². The first-order valence-corrected chi connectivity index (χ1v) is 28.6. The van der Waals surface area contributed by atoms with E-state index in [0.717, 1.165) is 83.5 Å². The third-order valence-electron chi connectivity index (χ3n) is 12.1. The summed E-state index contributed by atoms with van der Waals surface area (Å²) in [5.41, 5.74) is 0. The fraction of sp³-hybridized carbons (Fsp3) is 0.726. The normalized spacial score (nSPS) is 12.7. The van der Waals surface area contributed by atoms with Crippen LogP contribution in [0, 0.1) is 0 Å². The van der Waals surface area contributed by atoms with Crippen LogP contribution in [0.1, 0.15) is 271 Å². The predicted molar refractivity (Wildman–Crippen MR) is 293 cm³/mol. The molecule has 0 aromatic heterocycles. The Morgan fingerprint density at radius 3 is 0.971 bits per heavy atom. The number of carbonyl (C=O) groups is 3. The highest BCUT2D eigenvalue weighted by atomic mass is 16.6. The minimum Gasteiger partial charge on any atom is -0.462 e. The third-order valence-corrected chi connectivity index (χ3v) is 12.1. The Hall–Kier alpha value is -3.41. The van der Waals surface area contributed by atoms with E-state index in [1.807, 2.05) is 0 Å². The van der Waals surface area contributed by atoms with Crippen molar-refractivity contribution in [2.45, 2.75) is 277 Å². The van der Waals surface area contributed by atoms with Crippen LogP contribution in [-0.4, -0.2) is 37.2 Å². The van der Waals surface area contributed by atoms with E-state index < -0.39 is 6.10 Å². The predicted octanol–water partition coefficient (Wildman–Crippen LogP) is 19.2. The summed E-state index contributed by atoms with van der Waals surface area (Å²) >= 11 is 0. The number of hydrogen-bond donors (Lipinski definition) is 0. The van der Waals surface area contributed by atoms with E-state index in [0.29, 0.717) is 19.3 Å². The van der Waals surface area contributed by atoms with Gasteiger partial charge in [0.1, 0.15) is 13.2 Å². The molecular formula is C62H106O6. The van der Waals surface area contributed by atoms with Crippen molar-refractivity contribution in [3.05, 3.63) is 85.1 Å². The van der Waals surface area contributed by atoms with Gasteiger partial charge in [-0.05, 0) is 109 Å². The van der Waals surface area contributed by atoms with Gasteiger partial charge in [-0.25, -0.2) is 0 Å². The van der Waals surface area contributed by atoms with Gasteiger partial charge in [0.2, 0.25) is 0 Å². The van der Waals surface area contributed by atoms with Crippen molar-refractivity contribution in [2.24, 2.45) is 0 Å². The number of hydrogen-bond acceptors (Lipinski definition) is 6. The van der Waals surface area contributed by atoms with Gasteiger partial charge in [-0.3, -0.25) is 14.4 Å². The molecule has 0 amide bonds. The average Bonchev–Trinajstić information content (AvgIpc) is 3.34. The average molecular weight is 948 g/mol. The summed E-state index contributed by atoms with van der Waals surface area (Å²) in [7, 11) is 0. The molecule has 68 heavy (non-hydrogen) atoms. The van der Waals surface area contributed by atoms with Gasteiger partial charge in [0, 0.05) is 19.3 Å². The molecule has 0 radical (unpaired) electrons. The molecule has 0 saturated carbocycles. The van der Waals surface area contributed by atoms with Crippen LogP contribution in [0.25, 0.3) is 0 Å². The number of rotatable bonds is 51. The van der Waals surface area contributed by atoms with Crippen LogP contribution in [0.5, 0.6) is 0 Å². The van der Waals surface area contributed by atoms with Crippen molar-refractivity contribution in [3.8, 4) is 0 Å². The summed E-state index contributed by atoms with van der Waals surface area (Å²) in [5, 5.41) is 0. The van der Waals surface area contributed by atoms with Crippen molar-refractivity contribution < 1.29 is 28.6 Å². The Morgan fingerprint density at radius 1 is 0.309 bits per heavy atom. The molecule has 0 rings (SSSR count). The summed E-state index contributed by atoms with van der Waals surface area (Å²) < 4.78 is 16.8. The first-order valence-electron chi connectivity index (χ1n) is 28.6. The fourth-order valence-electron chi connectivity index (χ4n) is 7.82. The number of esters is 3. The minimum atomic E-state index is -0.805. The molecule has 0 aromatic carbocycles. The molecule has 0 aliphatic carbocycles. The summed E-state index contributed by atoms with van der Waals surface area (Å²) in [4.78, 5) is 38.1. The molecular weight excluding hydrogens is 841 g/mol. The van der Waals surface area contributed by atoms with Crippen molar-refractivity contribution in [1.82, 2.24) is 0 Å². The fourth-order valence-corrected chi connectivity index (χ4v) is 7.82. The standard InChI is InChI=1S/C62H106O6/c1-4-7-10-13-16-19-22-25-28-31-34-37-40-43-46-49-52-55-61(64)67-58-59(57-66-60(63)54-51-48-45-42-39-36-33-30-27-24-21-18-15-12-9-6-3)68-62(65)56-53-50-47-44-41-38-35-32-29-26-23-20-17-14-11-8-5-2/h7,10,16,19,25-26,28-30,33-34,37,43,46,59H,4-6,8-9,11-15,17-18,20-24,27,31-32,35-36,38-42,44-45,47-58H2,1-3H3/b10-7-,19-16-,28-25-,29-26-,33-30-,37-34-,46-43-/t59-/m1/s1. The molecule has 0 spiro atoms.